The molecule has 0 amide bonds. The smallest absolute Gasteiger partial charge is 0.338 e. The molecule has 0 fully saturated rings. The third kappa shape index (κ3) is 3.69. The van der Waals surface area contributed by atoms with Crippen LogP contribution in [0.1, 0.15) is 29.8 Å². The Morgan fingerprint density at radius 1 is 1.38 bits per heavy atom. The molecule has 3 heteroatoms. The average Bonchev–Trinajstić information content (AvgIpc) is 2.27. The summed E-state index contributed by atoms with van der Waals surface area (Å²) in [4.78, 5) is 22.2. The summed E-state index contributed by atoms with van der Waals surface area (Å²) in [6.07, 6.45) is 3.13. The van der Waals surface area contributed by atoms with E-state index in [1.165, 1.54) is 13.0 Å². The van der Waals surface area contributed by atoms with Crippen LogP contribution < -0.4 is 0 Å². The van der Waals surface area contributed by atoms with Crippen LogP contribution >= 0.6 is 0 Å². The van der Waals surface area contributed by atoms with Crippen LogP contribution in [0.5, 0.6) is 0 Å². The highest BCUT2D eigenvalue weighted by Crippen LogP contribution is 2.08. The molecule has 0 N–H and O–H groups in total. The minimum Gasteiger partial charge on any atom is -0.462 e. The van der Waals surface area contributed by atoms with Crippen LogP contribution in [-0.2, 0) is 9.53 Å². The van der Waals surface area contributed by atoms with E-state index in [9.17, 15) is 9.59 Å². The second kappa shape index (κ2) is 5.85. The van der Waals surface area contributed by atoms with Crippen molar-refractivity contribution in [1.29, 1.82) is 0 Å². The molecule has 0 aromatic heterocycles. The van der Waals surface area contributed by atoms with Crippen molar-refractivity contribution in [2.24, 2.45) is 0 Å². The van der Waals surface area contributed by atoms with E-state index in [1.54, 1.807) is 31.2 Å². The topological polar surface area (TPSA) is 43.4 Å². The Kier molecular flexibility index (Phi) is 4.45. The standard InChI is InChI=1S/C13H14O3/c1-3-16-13(15)12-6-4-5-11(9-12)8-7-10(2)14/h4-9H,3H2,1-2H3. The SMILES string of the molecule is CCOC(=O)c1cccc(C=CC(C)=O)c1. The van der Waals surface area contributed by atoms with Gasteiger partial charge in [-0.05, 0) is 37.6 Å². The van der Waals surface area contributed by atoms with Gasteiger partial charge in [0.15, 0.2) is 5.78 Å². The van der Waals surface area contributed by atoms with Gasteiger partial charge in [-0.15, -0.1) is 0 Å². The molecule has 0 saturated carbocycles. The Labute approximate surface area is 94.7 Å². The second-order valence-corrected chi connectivity index (χ2v) is 3.29. The fraction of sp³-hybridized carbons (Fsp3) is 0.231. The highest BCUT2D eigenvalue weighted by Gasteiger charge is 2.05. The molecule has 0 unspecified atom stereocenters. The molecule has 16 heavy (non-hydrogen) atoms. The van der Waals surface area contributed by atoms with E-state index >= 15 is 0 Å². The molecule has 0 heterocycles. The zero-order valence-electron chi connectivity index (χ0n) is 9.40. The molecule has 0 atom stereocenters. The normalized spacial score (nSPS) is 10.4. The van der Waals surface area contributed by atoms with E-state index in [0.717, 1.165) is 5.56 Å². The summed E-state index contributed by atoms with van der Waals surface area (Å²) in [5.41, 5.74) is 1.30. The fourth-order valence-corrected chi connectivity index (χ4v) is 1.20. The predicted molar refractivity (Wildman–Crippen MR) is 62.1 cm³/mol. The Morgan fingerprint density at radius 2 is 2.12 bits per heavy atom. The lowest BCUT2D eigenvalue weighted by Crippen LogP contribution is -2.04. The first-order valence-corrected chi connectivity index (χ1v) is 5.09. The highest BCUT2D eigenvalue weighted by molar-refractivity contribution is 5.93. The summed E-state index contributed by atoms with van der Waals surface area (Å²) in [6, 6.07) is 6.95. The van der Waals surface area contributed by atoms with Gasteiger partial charge in [0.05, 0.1) is 12.2 Å². The lowest BCUT2D eigenvalue weighted by Gasteiger charge is -2.02. The van der Waals surface area contributed by atoms with Crippen LogP contribution in [0.25, 0.3) is 6.08 Å². The first-order valence-electron chi connectivity index (χ1n) is 5.09. The number of carbonyl (C=O) groups excluding carboxylic acids is 2. The molecule has 0 aliphatic rings. The van der Waals surface area contributed by atoms with Gasteiger partial charge in [-0.25, -0.2) is 4.79 Å². The van der Waals surface area contributed by atoms with Crippen molar-refractivity contribution in [3.63, 3.8) is 0 Å². The van der Waals surface area contributed by atoms with Gasteiger partial charge in [0.25, 0.3) is 0 Å². The van der Waals surface area contributed by atoms with Gasteiger partial charge >= 0.3 is 5.97 Å². The van der Waals surface area contributed by atoms with Crippen LogP contribution in [-0.4, -0.2) is 18.4 Å². The molecular formula is C13H14O3. The van der Waals surface area contributed by atoms with E-state index in [4.69, 9.17) is 4.74 Å². The maximum Gasteiger partial charge on any atom is 0.338 e. The highest BCUT2D eigenvalue weighted by atomic mass is 16.5. The molecular weight excluding hydrogens is 204 g/mol. The summed E-state index contributed by atoms with van der Waals surface area (Å²) >= 11 is 0. The van der Waals surface area contributed by atoms with Crippen LogP contribution in [0, 0.1) is 0 Å². The number of allylic oxidation sites excluding steroid dienone is 1. The molecule has 3 nitrogen and oxygen atoms in total. The number of benzene rings is 1. The Bertz CT molecular complexity index is 419. The van der Waals surface area contributed by atoms with Crippen LogP contribution in [0.2, 0.25) is 0 Å². The number of rotatable bonds is 4. The molecule has 0 bridgehead atoms. The van der Waals surface area contributed by atoms with E-state index in [-0.39, 0.29) is 11.8 Å². The van der Waals surface area contributed by atoms with Crippen molar-refractivity contribution in [3.05, 3.63) is 41.5 Å². The molecule has 1 aromatic rings. The van der Waals surface area contributed by atoms with Gasteiger partial charge < -0.3 is 4.74 Å². The molecule has 0 spiro atoms. The Balaban J connectivity index is 2.86. The van der Waals surface area contributed by atoms with Gasteiger partial charge in [-0.1, -0.05) is 18.2 Å². The van der Waals surface area contributed by atoms with Gasteiger partial charge in [0.2, 0.25) is 0 Å². The van der Waals surface area contributed by atoms with Crippen molar-refractivity contribution < 1.29 is 14.3 Å². The van der Waals surface area contributed by atoms with Crippen molar-refractivity contribution in [1.82, 2.24) is 0 Å². The predicted octanol–water partition coefficient (Wildman–Crippen LogP) is 2.47. The number of hydrogen-bond acceptors (Lipinski definition) is 3. The minimum absolute atomic E-state index is 0.0264. The van der Waals surface area contributed by atoms with Gasteiger partial charge in [0.1, 0.15) is 0 Å². The second-order valence-electron chi connectivity index (χ2n) is 3.29. The average molecular weight is 218 g/mol. The number of carbonyl (C=O) groups is 2. The van der Waals surface area contributed by atoms with Crippen molar-refractivity contribution in [2.75, 3.05) is 6.61 Å². The lowest BCUT2D eigenvalue weighted by atomic mass is 10.1. The third-order valence-electron chi connectivity index (χ3n) is 1.91. The van der Waals surface area contributed by atoms with Crippen LogP contribution in [0.4, 0.5) is 0 Å². The number of ketones is 1. The molecule has 1 rings (SSSR count). The number of ether oxygens (including phenoxy) is 1. The zero-order chi connectivity index (χ0) is 12.0. The first kappa shape index (κ1) is 12.2. The van der Waals surface area contributed by atoms with E-state index < -0.39 is 0 Å². The van der Waals surface area contributed by atoms with Crippen LogP contribution in [0.3, 0.4) is 0 Å². The summed E-state index contributed by atoms with van der Waals surface area (Å²) in [6.45, 7) is 3.59. The molecule has 0 aliphatic carbocycles. The summed E-state index contributed by atoms with van der Waals surface area (Å²) in [5.74, 6) is -0.373. The third-order valence-corrected chi connectivity index (χ3v) is 1.91. The monoisotopic (exact) mass is 218 g/mol. The molecule has 0 aliphatic heterocycles. The molecule has 1 aromatic carbocycles. The largest absolute Gasteiger partial charge is 0.462 e. The molecule has 0 saturated heterocycles. The Morgan fingerprint density at radius 3 is 2.75 bits per heavy atom. The maximum absolute atomic E-state index is 11.4. The van der Waals surface area contributed by atoms with Crippen LogP contribution in [0.15, 0.2) is 30.3 Å². The Hall–Kier alpha value is -1.90. The molecule has 84 valence electrons. The maximum atomic E-state index is 11.4. The van der Waals surface area contributed by atoms with Crippen molar-refractivity contribution >= 4 is 17.8 Å². The van der Waals surface area contributed by atoms with E-state index in [1.807, 2.05) is 6.07 Å². The van der Waals surface area contributed by atoms with Gasteiger partial charge in [0, 0.05) is 0 Å². The summed E-state index contributed by atoms with van der Waals surface area (Å²) in [7, 11) is 0. The van der Waals surface area contributed by atoms with E-state index in [2.05, 4.69) is 0 Å². The van der Waals surface area contributed by atoms with Crippen molar-refractivity contribution in [3.8, 4) is 0 Å². The first-order chi connectivity index (χ1) is 7.63. The fourth-order valence-electron chi connectivity index (χ4n) is 1.20. The number of hydrogen-bond donors (Lipinski definition) is 0. The van der Waals surface area contributed by atoms with E-state index in [0.29, 0.717) is 12.2 Å². The summed E-state index contributed by atoms with van der Waals surface area (Å²) in [5, 5.41) is 0. The lowest BCUT2D eigenvalue weighted by molar-refractivity contribution is -0.112. The van der Waals surface area contributed by atoms with Gasteiger partial charge in [-0.2, -0.15) is 0 Å². The molecule has 0 radical (unpaired) electrons. The summed E-state index contributed by atoms with van der Waals surface area (Å²) < 4.78 is 4.88. The minimum atomic E-state index is -0.347. The quantitative estimate of drug-likeness (QED) is 0.576. The zero-order valence-corrected chi connectivity index (χ0v) is 9.40. The van der Waals surface area contributed by atoms with Crippen molar-refractivity contribution in [2.45, 2.75) is 13.8 Å². The van der Waals surface area contributed by atoms with Gasteiger partial charge in [-0.3, -0.25) is 4.79 Å². The number of esters is 1.